The van der Waals surface area contributed by atoms with Crippen molar-refractivity contribution in [3.05, 3.63) is 21.4 Å². The topological polar surface area (TPSA) is 23.6 Å². The van der Waals surface area contributed by atoms with Gasteiger partial charge < -0.3 is 4.90 Å². The van der Waals surface area contributed by atoms with Gasteiger partial charge in [0.2, 0.25) is 0 Å². The lowest BCUT2D eigenvalue weighted by molar-refractivity contribution is 0.0941. The number of carbonyl (C=O) groups excluding carboxylic acids is 1. The molecule has 0 aliphatic carbocycles. The second kappa shape index (κ2) is 5.73. The zero-order valence-corrected chi connectivity index (χ0v) is 13.4. The quantitative estimate of drug-likeness (QED) is 0.792. The molecule has 1 aromatic rings. The number of likely N-dealkylation sites (N-methyl/N-ethyl adjacent to an activating group) is 1. The highest BCUT2D eigenvalue weighted by Crippen LogP contribution is 2.23. The Balaban J connectivity index is 1.99. The van der Waals surface area contributed by atoms with Crippen LogP contribution in [0.2, 0.25) is 0 Å². The van der Waals surface area contributed by atoms with Gasteiger partial charge in [-0.15, -0.1) is 11.3 Å². The van der Waals surface area contributed by atoms with Crippen LogP contribution in [-0.2, 0) is 0 Å². The summed E-state index contributed by atoms with van der Waals surface area (Å²) in [6.45, 7) is 8.97. The summed E-state index contributed by atoms with van der Waals surface area (Å²) in [5.74, 6) is 0.904. The van der Waals surface area contributed by atoms with Crippen molar-refractivity contribution in [2.45, 2.75) is 26.8 Å². The molecule has 1 aromatic heterocycles. The van der Waals surface area contributed by atoms with Gasteiger partial charge in [-0.2, -0.15) is 0 Å². The zero-order valence-electron chi connectivity index (χ0n) is 12.6. The van der Waals surface area contributed by atoms with Gasteiger partial charge in [0.1, 0.15) is 0 Å². The van der Waals surface area contributed by atoms with Gasteiger partial charge in [-0.3, -0.25) is 9.69 Å². The number of hydrogen-bond acceptors (Lipinski definition) is 4. The second-order valence-electron chi connectivity index (χ2n) is 5.95. The van der Waals surface area contributed by atoms with Gasteiger partial charge in [0.05, 0.1) is 6.54 Å². The van der Waals surface area contributed by atoms with E-state index in [1.807, 2.05) is 13.0 Å². The Morgan fingerprint density at radius 1 is 1.42 bits per heavy atom. The Kier molecular flexibility index (Phi) is 4.43. The molecule has 2 atom stereocenters. The molecule has 0 N–H and O–H groups in total. The van der Waals surface area contributed by atoms with Crippen molar-refractivity contribution >= 4 is 17.1 Å². The van der Waals surface area contributed by atoms with Crippen LogP contribution in [0.1, 0.15) is 27.0 Å². The number of ketones is 1. The Labute approximate surface area is 120 Å². The summed E-state index contributed by atoms with van der Waals surface area (Å²) in [6.07, 6.45) is 0. The van der Waals surface area contributed by atoms with E-state index in [4.69, 9.17) is 0 Å². The third-order valence-corrected chi connectivity index (χ3v) is 4.99. The Bertz CT molecular complexity index is 467. The minimum Gasteiger partial charge on any atom is -0.305 e. The van der Waals surface area contributed by atoms with Gasteiger partial charge in [-0.05, 0) is 39.9 Å². The average Bonchev–Trinajstić information content (AvgIpc) is 2.81. The van der Waals surface area contributed by atoms with E-state index in [1.54, 1.807) is 11.3 Å². The van der Waals surface area contributed by atoms with E-state index < -0.39 is 0 Å². The van der Waals surface area contributed by atoms with Crippen LogP contribution >= 0.6 is 11.3 Å². The standard InChI is InChI=1S/C15H24N2OS/c1-10-7-17(8-14(10)16(4)5)9-15(18)13-6-11(2)19-12(13)3/h6,10,14H,7-9H2,1-5H3. The van der Waals surface area contributed by atoms with Crippen LogP contribution in [0.25, 0.3) is 0 Å². The van der Waals surface area contributed by atoms with Crippen LogP contribution in [0.4, 0.5) is 0 Å². The van der Waals surface area contributed by atoms with Crippen molar-refractivity contribution in [2.24, 2.45) is 5.92 Å². The number of rotatable bonds is 4. The van der Waals surface area contributed by atoms with Gasteiger partial charge in [0, 0.05) is 34.4 Å². The molecular formula is C15H24N2OS. The van der Waals surface area contributed by atoms with Gasteiger partial charge in [0.25, 0.3) is 0 Å². The molecule has 0 saturated carbocycles. The minimum atomic E-state index is 0.272. The number of likely N-dealkylation sites (tertiary alicyclic amines) is 1. The molecular weight excluding hydrogens is 256 g/mol. The van der Waals surface area contributed by atoms with E-state index in [0.717, 1.165) is 23.5 Å². The largest absolute Gasteiger partial charge is 0.305 e. The highest BCUT2D eigenvalue weighted by Gasteiger charge is 2.32. The summed E-state index contributed by atoms with van der Waals surface area (Å²) >= 11 is 1.71. The molecule has 19 heavy (non-hydrogen) atoms. The van der Waals surface area contributed by atoms with Crippen LogP contribution in [0.5, 0.6) is 0 Å². The number of carbonyl (C=O) groups is 1. The maximum Gasteiger partial charge on any atom is 0.177 e. The molecule has 2 unspecified atom stereocenters. The van der Waals surface area contributed by atoms with E-state index >= 15 is 0 Å². The maximum absolute atomic E-state index is 12.4. The lowest BCUT2D eigenvalue weighted by Crippen LogP contribution is -2.35. The van der Waals surface area contributed by atoms with Crippen LogP contribution in [0.15, 0.2) is 6.07 Å². The van der Waals surface area contributed by atoms with E-state index in [-0.39, 0.29) is 5.78 Å². The fourth-order valence-corrected chi connectivity index (χ4v) is 3.99. The molecule has 2 heterocycles. The van der Waals surface area contributed by atoms with E-state index in [9.17, 15) is 4.79 Å². The van der Waals surface area contributed by atoms with Gasteiger partial charge in [-0.25, -0.2) is 0 Å². The molecule has 0 amide bonds. The number of hydrogen-bond donors (Lipinski definition) is 0. The summed E-state index contributed by atoms with van der Waals surface area (Å²) in [7, 11) is 4.25. The van der Waals surface area contributed by atoms with Crippen molar-refractivity contribution in [2.75, 3.05) is 33.7 Å². The van der Waals surface area contributed by atoms with Crippen molar-refractivity contribution in [3.63, 3.8) is 0 Å². The van der Waals surface area contributed by atoms with Gasteiger partial charge in [0.15, 0.2) is 5.78 Å². The molecule has 2 rings (SSSR count). The molecule has 0 spiro atoms. The molecule has 0 radical (unpaired) electrons. The summed E-state index contributed by atoms with van der Waals surface area (Å²) in [5.41, 5.74) is 0.920. The monoisotopic (exact) mass is 280 g/mol. The van der Waals surface area contributed by atoms with E-state index in [1.165, 1.54) is 4.88 Å². The van der Waals surface area contributed by atoms with E-state index in [0.29, 0.717) is 18.5 Å². The summed E-state index contributed by atoms with van der Waals surface area (Å²) in [4.78, 5) is 19.3. The number of Topliss-reactive ketones (excluding diaryl/α,β-unsaturated/α-hetero) is 1. The molecule has 4 heteroatoms. The molecule has 0 bridgehead atoms. The fraction of sp³-hybridized carbons (Fsp3) is 0.667. The zero-order chi connectivity index (χ0) is 14.2. The molecule has 3 nitrogen and oxygen atoms in total. The molecule has 0 aromatic carbocycles. The first-order valence-corrected chi connectivity index (χ1v) is 7.69. The second-order valence-corrected chi connectivity index (χ2v) is 7.41. The lowest BCUT2D eigenvalue weighted by Gasteiger charge is -2.22. The van der Waals surface area contributed by atoms with Gasteiger partial charge in [-0.1, -0.05) is 6.92 Å². The SMILES string of the molecule is Cc1cc(C(=O)CN2CC(C)C(N(C)C)C2)c(C)s1. The molecule has 1 aliphatic rings. The van der Waals surface area contributed by atoms with Crippen molar-refractivity contribution < 1.29 is 4.79 Å². The first kappa shape index (κ1) is 14.7. The molecule has 1 fully saturated rings. The Morgan fingerprint density at radius 3 is 2.58 bits per heavy atom. The van der Waals surface area contributed by atoms with E-state index in [2.05, 4.69) is 37.7 Å². The first-order valence-electron chi connectivity index (χ1n) is 6.87. The van der Waals surface area contributed by atoms with Crippen molar-refractivity contribution in [1.82, 2.24) is 9.80 Å². The van der Waals surface area contributed by atoms with Crippen LogP contribution in [-0.4, -0.2) is 55.4 Å². The smallest absolute Gasteiger partial charge is 0.177 e. The molecule has 106 valence electrons. The lowest BCUT2D eigenvalue weighted by atomic mass is 10.1. The number of aryl methyl sites for hydroxylation is 2. The minimum absolute atomic E-state index is 0.272. The predicted octanol–water partition coefficient (Wildman–Crippen LogP) is 2.43. The highest BCUT2D eigenvalue weighted by atomic mass is 32.1. The third-order valence-electron chi connectivity index (χ3n) is 4.02. The normalized spacial score (nSPS) is 24.3. The summed E-state index contributed by atoms with van der Waals surface area (Å²) in [5, 5.41) is 0. The van der Waals surface area contributed by atoms with Crippen molar-refractivity contribution in [3.8, 4) is 0 Å². The van der Waals surface area contributed by atoms with Crippen LogP contribution < -0.4 is 0 Å². The summed E-state index contributed by atoms with van der Waals surface area (Å²) < 4.78 is 0. The first-order chi connectivity index (χ1) is 8.88. The third kappa shape index (κ3) is 3.25. The van der Waals surface area contributed by atoms with Crippen molar-refractivity contribution in [1.29, 1.82) is 0 Å². The molecule has 1 saturated heterocycles. The maximum atomic E-state index is 12.4. The fourth-order valence-electron chi connectivity index (χ4n) is 3.05. The van der Waals surface area contributed by atoms with Gasteiger partial charge >= 0.3 is 0 Å². The Morgan fingerprint density at radius 2 is 2.11 bits per heavy atom. The average molecular weight is 280 g/mol. The number of thiophene rings is 1. The van der Waals surface area contributed by atoms with Crippen LogP contribution in [0, 0.1) is 19.8 Å². The van der Waals surface area contributed by atoms with Crippen LogP contribution in [0.3, 0.4) is 0 Å². The molecule has 1 aliphatic heterocycles. The highest BCUT2D eigenvalue weighted by molar-refractivity contribution is 7.12. The predicted molar refractivity (Wildman–Crippen MR) is 81.2 cm³/mol. The summed E-state index contributed by atoms with van der Waals surface area (Å²) in [6, 6.07) is 2.60. The Hall–Kier alpha value is -0.710. The number of nitrogens with zero attached hydrogens (tertiary/aromatic N) is 2.